The molecule has 3 unspecified atom stereocenters. The zero-order valence-corrected chi connectivity index (χ0v) is 16.5. The molecular formula is C18H32O4S2. The number of hydrogen-bond donors (Lipinski definition) is 2. The quantitative estimate of drug-likeness (QED) is 0.343. The van der Waals surface area contributed by atoms with Crippen LogP contribution in [0.2, 0.25) is 0 Å². The van der Waals surface area contributed by atoms with E-state index in [1.54, 1.807) is 0 Å². The molecule has 0 aromatic rings. The molecule has 6 heteroatoms. The molecule has 0 spiro atoms. The molecule has 0 saturated heterocycles. The van der Waals surface area contributed by atoms with E-state index >= 15 is 0 Å². The number of ketones is 1. The maximum absolute atomic E-state index is 12.1. The Labute approximate surface area is 154 Å². The smallest absolute Gasteiger partial charge is 0.303 e. The van der Waals surface area contributed by atoms with Gasteiger partial charge in [0, 0.05) is 35.0 Å². The minimum Gasteiger partial charge on any atom is -0.481 e. The first-order valence-corrected chi connectivity index (χ1v) is 11.0. The van der Waals surface area contributed by atoms with Crippen molar-refractivity contribution in [2.75, 3.05) is 5.75 Å². The van der Waals surface area contributed by atoms with E-state index in [0.29, 0.717) is 23.4 Å². The number of carboxylic acid groups (broad SMARTS) is 1. The number of carboxylic acids is 1. The standard InChI is InChI=1S/C18H32O4S2/c1-13(2)11-14(24-22)12-23-17-10-9-16(19)15(17)7-5-3-4-6-8-18(20)21/h13-15,17,22H,3-12H2,1-2H3,(H,20,21). The first-order valence-electron chi connectivity index (χ1n) is 9.10. The zero-order chi connectivity index (χ0) is 17.9. The summed E-state index contributed by atoms with van der Waals surface area (Å²) in [6.45, 7) is 4.33. The molecular weight excluding hydrogens is 344 g/mol. The van der Waals surface area contributed by atoms with E-state index in [0.717, 1.165) is 62.7 Å². The van der Waals surface area contributed by atoms with Gasteiger partial charge in [-0.1, -0.05) is 33.1 Å². The van der Waals surface area contributed by atoms with Gasteiger partial charge in [0.1, 0.15) is 5.78 Å². The third kappa shape index (κ3) is 8.77. The summed E-state index contributed by atoms with van der Waals surface area (Å²) in [6.07, 6.45) is 7.54. The van der Waals surface area contributed by atoms with Crippen LogP contribution in [-0.2, 0) is 9.59 Å². The van der Waals surface area contributed by atoms with Crippen LogP contribution in [0.1, 0.15) is 71.6 Å². The van der Waals surface area contributed by atoms with Crippen molar-refractivity contribution in [3.63, 3.8) is 0 Å². The minimum atomic E-state index is -0.727. The molecule has 1 fully saturated rings. The van der Waals surface area contributed by atoms with Crippen molar-refractivity contribution in [3.05, 3.63) is 0 Å². The molecule has 1 aliphatic carbocycles. The maximum atomic E-state index is 12.1. The van der Waals surface area contributed by atoms with Crippen molar-refractivity contribution >= 4 is 35.6 Å². The summed E-state index contributed by atoms with van der Waals surface area (Å²) in [6, 6.07) is 0. The lowest BCUT2D eigenvalue weighted by molar-refractivity contribution is -0.137. The number of aliphatic carboxylic acids is 1. The largest absolute Gasteiger partial charge is 0.481 e. The molecule has 1 rings (SSSR count). The Morgan fingerprint density at radius 1 is 1.25 bits per heavy atom. The summed E-state index contributed by atoms with van der Waals surface area (Å²) >= 11 is 2.82. The number of hydrogen-bond acceptors (Lipinski definition) is 5. The van der Waals surface area contributed by atoms with E-state index in [4.69, 9.17) is 5.11 Å². The highest BCUT2D eigenvalue weighted by Gasteiger charge is 2.34. The molecule has 140 valence electrons. The van der Waals surface area contributed by atoms with Crippen LogP contribution >= 0.6 is 23.8 Å². The number of rotatable bonds is 13. The van der Waals surface area contributed by atoms with Gasteiger partial charge in [-0.05, 0) is 43.6 Å². The molecule has 0 aromatic carbocycles. The lowest BCUT2D eigenvalue weighted by Gasteiger charge is -2.21. The normalized spacial score (nSPS) is 22.2. The molecule has 0 aliphatic heterocycles. The monoisotopic (exact) mass is 376 g/mol. The van der Waals surface area contributed by atoms with E-state index in [-0.39, 0.29) is 17.6 Å². The zero-order valence-electron chi connectivity index (χ0n) is 14.9. The molecule has 3 atom stereocenters. The van der Waals surface area contributed by atoms with Crippen LogP contribution < -0.4 is 0 Å². The van der Waals surface area contributed by atoms with Crippen LogP contribution in [0.4, 0.5) is 0 Å². The Balaban J connectivity index is 2.28. The number of carbonyl (C=O) groups excluding carboxylic acids is 1. The molecule has 0 amide bonds. The highest BCUT2D eigenvalue weighted by Crippen LogP contribution is 2.37. The highest BCUT2D eigenvalue weighted by molar-refractivity contribution is 8.01. The van der Waals surface area contributed by atoms with Gasteiger partial charge in [-0.15, -0.1) is 0 Å². The molecule has 0 bridgehead atoms. The van der Waals surface area contributed by atoms with Crippen molar-refractivity contribution in [3.8, 4) is 0 Å². The average molecular weight is 377 g/mol. The lowest BCUT2D eigenvalue weighted by Crippen LogP contribution is -2.19. The van der Waals surface area contributed by atoms with Crippen LogP contribution in [0.15, 0.2) is 0 Å². The molecule has 4 nitrogen and oxygen atoms in total. The SMILES string of the molecule is CC(C)CC(CSC1CCC(=O)C1CCCCCCC(=O)O)SO. The van der Waals surface area contributed by atoms with Crippen LogP contribution in [0.25, 0.3) is 0 Å². The Hall–Kier alpha value is -0.200. The molecule has 1 aliphatic rings. The van der Waals surface area contributed by atoms with Crippen molar-refractivity contribution < 1.29 is 19.2 Å². The van der Waals surface area contributed by atoms with Crippen LogP contribution in [0.3, 0.4) is 0 Å². The number of thioether (sulfide) groups is 1. The van der Waals surface area contributed by atoms with Gasteiger partial charge in [-0.25, -0.2) is 0 Å². The van der Waals surface area contributed by atoms with Crippen molar-refractivity contribution in [2.24, 2.45) is 11.8 Å². The molecule has 2 N–H and O–H groups in total. The van der Waals surface area contributed by atoms with Gasteiger partial charge in [0.05, 0.1) is 0 Å². The molecule has 1 saturated carbocycles. The first-order chi connectivity index (χ1) is 11.4. The first kappa shape index (κ1) is 21.8. The Bertz CT molecular complexity index is 387. The fourth-order valence-electron chi connectivity index (χ4n) is 3.32. The molecule has 24 heavy (non-hydrogen) atoms. The van der Waals surface area contributed by atoms with Crippen LogP contribution in [0, 0.1) is 11.8 Å². The fourth-order valence-corrected chi connectivity index (χ4v) is 5.67. The summed E-state index contributed by atoms with van der Waals surface area (Å²) in [5.41, 5.74) is 0. The molecule has 0 heterocycles. The van der Waals surface area contributed by atoms with Crippen molar-refractivity contribution in [1.29, 1.82) is 0 Å². The molecule has 0 aromatic heterocycles. The fraction of sp³-hybridized carbons (Fsp3) is 0.889. The Morgan fingerprint density at radius 2 is 1.96 bits per heavy atom. The van der Waals surface area contributed by atoms with Gasteiger partial charge < -0.3 is 9.66 Å². The van der Waals surface area contributed by atoms with Crippen LogP contribution in [0.5, 0.6) is 0 Å². The summed E-state index contributed by atoms with van der Waals surface area (Å²) in [4.78, 5) is 22.6. The topological polar surface area (TPSA) is 74.6 Å². The number of unbranched alkanes of at least 4 members (excludes halogenated alkanes) is 3. The number of carbonyl (C=O) groups is 2. The third-order valence-electron chi connectivity index (χ3n) is 4.57. The van der Waals surface area contributed by atoms with E-state index in [9.17, 15) is 14.1 Å². The minimum absolute atomic E-state index is 0.165. The Morgan fingerprint density at radius 3 is 2.58 bits per heavy atom. The second-order valence-corrected chi connectivity index (χ2v) is 9.34. The summed E-state index contributed by atoms with van der Waals surface area (Å²) < 4.78 is 9.42. The highest BCUT2D eigenvalue weighted by atomic mass is 32.2. The van der Waals surface area contributed by atoms with Crippen molar-refractivity contribution in [1.82, 2.24) is 0 Å². The summed E-state index contributed by atoms with van der Waals surface area (Å²) in [7, 11) is 0. The average Bonchev–Trinajstić information content (AvgIpc) is 2.87. The van der Waals surface area contributed by atoms with E-state index < -0.39 is 5.97 Å². The second-order valence-electron chi connectivity index (χ2n) is 7.19. The van der Waals surface area contributed by atoms with Gasteiger partial charge in [0.2, 0.25) is 0 Å². The lowest BCUT2D eigenvalue weighted by atomic mass is 9.98. The van der Waals surface area contributed by atoms with Gasteiger partial charge in [-0.2, -0.15) is 11.8 Å². The summed E-state index contributed by atoms with van der Waals surface area (Å²) in [5.74, 6) is 1.32. The molecule has 0 radical (unpaired) electrons. The van der Waals surface area contributed by atoms with Gasteiger partial charge in [0.25, 0.3) is 0 Å². The van der Waals surface area contributed by atoms with Crippen molar-refractivity contribution in [2.45, 2.75) is 82.1 Å². The predicted molar refractivity (Wildman–Crippen MR) is 103 cm³/mol. The van der Waals surface area contributed by atoms with E-state index in [1.165, 1.54) is 0 Å². The predicted octanol–water partition coefficient (Wildman–Crippen LogP) is 5.11. The maximum Gasteiger partial charge on any atom is 0.303 e. The van der Waals surface area contributed by atoms with Gasteiger partial charge >= 0.3 is 5.97 Å². The van der Waals surface area contributed by atoms with Crippen LogP contribution in [-0.4, -0.2) is 37.7 Å². The third-order valence-corrected chi connectivity index (χ3v) is 7.03. The second kappa shape index (κ2) is 12.2. The van der Waals surface area contributed by atoms with Gasteiger partial charge in [0.15, 0.2) is 0 Å². The Kier molecular flexibility index (Phi) is 11.1. The van der Waals surface area contributed by atoms with E-state index in [1.807, 2.05) is 11.8 Å². The number of Topliss-reactive ketones (excluding diaryl/α,β-unsaturated/α-hetero) is 1. The van der Waals surface area contributed by atoms with Gasteiger partial charge in [-0.3, -0.25) is 9.59 Å². The van der Waals surface area contributed by atoms with E-state index in [2.05, 4.69) is 13.8 Å². The summed E-state index contributed by atoms with van der Waals surface area (Å²) in [5, 5.41) is 9.28.